The van der Waals surface area contributed by atoms with E-state index in [1.165, 1.54) is 12.0 Å². The Morgan fingerprint density at radius 2 is 1.92 bits per heavy atom. The zero-order chi connectivity index (χ0) is 19.1. The predicted molar refractivity (Wildman–Crippen MR) is 104 cm³/mol. The van der Waals surface area contributed by atoms with Crippen LogP contribution in [0, 0.1) is 6.92 Å². The van der Waals surface area contributed by atoms with Gasteiger partial charge in [0, 0.05) is 19.6 Å². The number of unbranched alkanes of at least 4 members (excludes halogenated alkanes) is 3. The monoisotopic (exact) mass is 387 g/mol. The first kappa shape index (κ1) is 23.1. The average molecular weight is 388 g/mol. The molecule has 2 radical (unpaired) electrons. The number of rotatable bonds is 14. The molecule has 1 saturated heterocycles. The van der Waals surface area contributed by atoms with E-state index >= 15 is 0 Å². The second kappa shape index (κ2) is 14.2. The molecular formula is C19H35N2O4S+. The highest BCUT2D eigenvalue weighted by molar-refractivity contribution is 7.86. The van der Waals surface area contributed by atoms with Gasteiger partial charge >= 0.3 is 0 Å². The van der Waals surface area contributed by atoms with Crippen LogP contribution in [0.2, 0.25) is 0 Å². The van der Waals surface area contributed by atoms with E-state index in [-0.39, 0.29) is 5.75 Å². The number of ether oxygens (including phenoxy) is 1. The molecule has 150 valence electrons. The van der Waals surface area contributed by atoms with Crippen molar-refractivity contribution in [2.45, 2.75) is 32.1 Å². The summed E-state index contributed by atoms with van der Waals surface area (Å²) in [5, 5.41) is 0. The summed E-state index contributed by atoms with van der Waals surface area (Å²) in [6.45, 7) is 11.6. The fourth-order valence-corrected chi connectivity index (χ4v) is 3.41. The average Bonchev–Trinajstić information content (AvgIpc) is 2.65. The standard InChI is InChI=1S/C19H34N2O4S/c1-3-4-5-6-7-8-9-10-17-25-18-15-20-11-13-21(14-12-20)16-19-26(22,23)24-2/h1,7-8,10,17H,3-6,9,11-16,18-19H2,2H3/p+1/b8-7+,17-10?. The second-order valence-electron chi connectivity index (χ2n) is 6.50. The number of nitrogens with one attached hydrogen (secondary N) is 1. The summed E-state index contributed by atoms with van der Waals surface area (Å²) in [4.78, 5) is 3.68. The summed E-state index contributed by atoms with van der Waals surface area (Å²) in [6, 6.07) is 0. The SMILES string of the molecule is [CH]CCCC/C=C/CC=COCC[NH+]1CCN(CCS(=O)(=O)OC)CC1. The van der Waals surface area contributed by atoms with Crippen LogP contribution in [0.3, 0.4) is 0 Å². The summed E-state index contributed by atoms with van der Waals surface area (Å²) in [5.41, 5.74) is 0. The number of piperazine rings is 1. The van der Waals surface area contributed by atoms with Gasteiger partial charge in [0.2, 0.25) is 0 Å². The zero-order valence-electron chi connectivity index (χ0n) is 16.1. The number of quaternary nitrogens is 1. The Morgan fingerprint density at radius 1 is 1.15 bits per heavy atom. The van der Waals surface area contributed by atoms with Gasteiger partial charge in [-0.05, 0) is 38.7 Å². The quantitative estimate of drug-likeness (QED) is 0.208. The third kappa shape index (κ3) is 11.7. The maximum Gasteiger partial charge on any atom is 0.268 e. The molecule has 0 unspecified atom stereocenters. The number of nitrogens with zero attached hydrogens (tertiary/aromatic N) is 1. The van der Waals surface area contributed by atoms with Crippen molar-refractivity contribution in [2.75, 3.05) is 58.7 Å². The van der Waals surface area contributed by atoms with Crippen molar-refractivity contribution in [2.24, 2.45) is 0 Å². The van der Waals surface area contributed by atoms with Crippen molar-refractivity contribution in [3.63, 3.8) is 0 Å². The Labute approximate surface area is 160 Å². The molecule has 0 bridgehead atoms. The fraction of sp³-hybridized carbons (Fsp3) is 0.737. The second-order valence-corrected chi connectivity index (χ2v) is 8.36. The van der Waals surface area contributed by atoms with Crippen LogP contribution < -0.4 is 4.90 Å². The van der Waals surface area contributed by atoms with Gasteiger partial charge in [-0.25, -0.2) is 0 Å². The lowest BCUT2D eigenvalue weighted by Crippen LogP contribution is -3.15. The number of hydrogen-bond acceptors (Lipinski definition) is 5. The molecule has 0 aromatic rings. The number of allylic oxidation sites excluding steroid dienone is 3. The molecule has 6 nitrogen and oxygen atoms in total. The molecule has 0 aromatic heterocycles. The zero-order valence-corrected chi connectivity index (χ0v) is 16.9. The third-order valence-corrected chi connectivity index (χ3v) is 5.69. The molecule has 26 heavy (non-hydrogen) atoms. The Hall–Kier alpha value is -0.890. The molecule has 1 fully saturated rings. The minimum atomic E-state index is -3.35. The van der Waals surface area contributed by atoms with Crippen molar-refractivity contribution >= 4 is 10.1 Å². The molecule has 0 spiro atoms. The Bertz CT molecular complexity index is 498. The largest absolute Gasteiger partial charge is 0.496 e. The summed E-state index contributed by atoms with van der Waals surface area (Å²) < 4.78 is 32.7. The van der Waals surface area contributed by atoms with Gasteiger partial charge in [0.1, 0.15) is 13.2 Å². The minimum Gasteiger partial charge on any atom is -0.496 e. The molecule has 1 aliphatic heterocycles. The van der Waals surface area contributed by atoms with Gasteiger partial charge in [-0.15, -0.1) is 0 Å². The maximum absolute atomic E-state index is 11.3. The lowest BCUT2D eigenvalue weighted by Gasteiger charge is -2.31. The van der Waals surface area contributed by atoms with Crippen LogP contribution in [-0.2, 0) is 19.0 Å². The van der Waals surface area contributed by atoms with Crippen molar-refractivity contribution in [1.82, 2.24) is 4.90 Å². The smallest absolute Gasteiger partial charge is 0.268 e. The summed E-state index contributed by atoms with van der Waals surface area (Å²) >= 11 is 0. The minimum absolute atomic E-state index is 0.0637. The van der Waals surface area contributed by atoms with E-state index in [9.17, 15) is 8.42 Å². The van der Waals surface area contributed by atoms with E-state index in [1.54, 1.807) is 6.26 Å². The Morgan fingerprint density at radius 3 is 2.62 bits per heavy atom. The van der Waals surface area contributed by atoms with Crippen molar-refractivity contribution in [3.05, 3.63) is 31.4 Å². The molecule has 1 rings (SSSR count). The van der Waals surface area contributed by atoms with Crippen molar-refractivity contribution in [1.29, 1.82) is 0 Å². The topological polar surface area (TPSA) is 60.3 Å². The predicted octanol–water partition coefficient (Wildman–Crippen LogP) is 0.911. The van der Waals surface area contributed by atoms with Crippen molar-refractivity contribution in [3.8, 4) is 0 Å². The van der Waals surface area contributed by atoms with E-state index in [1.807, 2.05) is 6.08 Å². The van der Waals surface area contributed by atoms with Gasteiger partial charge in [0.05, 0.1) is 32.2 Å². The van der Waals surface area contributed by atoms with Gasteiger partial charge in [-0.3, -0.25) is 9.08 Å². The molecule has 0 atom stereocenters. The van der Waals surface area contributed by atoms with E-state index in [2.05, 4.69) is 21.2 Å². The van der Waals surface area contributed by atoms with E-state index in [4.69, 9.17) is 11.7 Å². The first-order valence-corrected chi connectivity index (χ1v) is 11.1. The van der Waals surface area contributed by atoms with Crippen LogP contribution in [0.25, 0.3) is 0 Å². The highest BCUT2D eigenvalue weighted by atomic mass is 32.2. The Balaban J connectivity index is 2.00. The van der Waals surface area contributed by atoms with Gasteiger partial charge in [-0.2, -0.15) is 8.42 Å². The first-order chi connectivity index (χ1) is 12.6. The lowest BCUT2D eigenvalue weighted by atomic mass is 10.2. The van der Waals surface area contributed by atoms with Crippen LogP contribution in [0.5, 0.6) is 0 Å². The van der Waals surface area contributed by atoms with E-state index in [0.717, 1.165) is 64.8 Å². The molecule has 0 aromatic carbocycles. The highest BCUT2D eigenvalue weighted by Gasteiger charge is 2.21. The van der Waals surface area contributed by atoms with Crippen LogP contribution in [0.1, 0.15) is 32.1 Å². The highest BCUT2D eigenvalue weighted by Crippen LogP contribution is 2.00. The van der Waals surface area contributed by atoms with E-state index in [0.29, 0.717) is 13.2 Å². The van der Waals surface area contributed by atoms with Crippen LogP contribution in [0.15, 0.2) is 24.5 Å². The molecule has 1 heterocycles. The molecule has 7 heteroatoms. The van der Waals surface area contributed by atoms with Gasteiger partial charge in [0.15, 0.2) is 0 Å². The van der Waals surface area contributed by atoms with E-state index < -0.39 is 10.1 Å². The fourth-order valence-electron chi connectivity index (χ4n) is 2.76. The Kier molecular flexibility index (Phi) is 12.6. The van der Waals surface area contributed by atoms with Crippen LogP contribution in [-0.4, -0.2) is 72.1 Å². The number of hydrogen-bond donors (Lipinski definition) is 1. The van der Waals surface area contributed by atoms with Gasteiger partial charge in [-0.1, -0.05) is 18.6 Å². The first-order valence-electron chi connectivity index (χ1n) is 9.53. The summed E-state index contributed by atoms with van der Waals surface area (Å²) in [7, 11) is -2.14. The van der Waals surface area contributed by atoms with Crippen LogP contribution in [0.4, 0.5) is 0 Å². The molecular weight excluding hydrogens is 352 g/mol. The molecule has 0 amide bonds. The van der Waals surface area contributed by atoms with Crippen LogP contribution >= 0.6 is 0 Å². The third-order valence-electron chi connectivity index (χ3n) is 4.50. The van der Waals surface area contributed by atoms with Gasteiger partial charge < -0.3 is 9.64 Å². The lowest BCUT2D eigenvalue weighted by molar-refractivity contribution is -0.904. The molecule has 0 saturated carbocycles. The van der Waals surface area contributed by atoms with Gasteiger partial charge in [0.25, 0.3) is 10.1 Å². The summed E-state index contributed by atoms with van der Waals surface area (Å²) in [5.74, 6) is 0.0637. The van der Waals surface area contributed by atoms with Crippen molar-refractivity contribution < 1.29 is 22.2 Å². The molecule has 1 N–H and O–H groups in total. The molecule has 0 aliphatic carbocycles. The maximum atomic E-state index is 11.3. The normalized spacial score (nSPS) is 17.5. The summed E-state index contributed by atoms with van der Waals surface area (Å²) in [6.07, 6.45) is 13.2. The molecule has 1 aliphatic rings.